The van der Waals surface area contributed by atoms with Crippen molar-refractivity contribution in [3.05, 3.63) is 47.0 Å². The summed E-state index contributed by atoms with van der Waals surface area (Å²) in [6.07, 6.45) is -0.122. The number of anilines is 1. The number of ether oxygens (including phenoxy) is 3. The standard InChI is InChI=1S/C19H20ClNO6/c1-11(2)27-17-9-13(25-3)5-6-14(17)19(24)21-12-4-7-16(15(20)8-12)26-10-18(22)23/h4-9,11H,10H2,1-3H3,(H,21,24)(H,22,23). The number of nitrogens with one attached hydrogen (secondary N) is 1. The van der Waals surface area contributed by atoms with E-state index >= 15 is 0 Å². The molecule has 0 aliphatic rings. The van der Waals surface area contributed by atoms with Gasteiger partial charge in [0.1, 0.15) is 17.2 Å². The van der Waals surface area contributed by atoms with Gasteiger partial charge in [-0.25, -0.2) is 4.79 Å². The van der Waals surface area contributed by atoms with Gasteiger partial charge in [0.15, 0.2) is 6.61 Å². The normalized spacial score (nSPS) is 10.4. The summed E-state index contributed by atoms with van der Waals surface area (Å²) in [5.41, 5.74) is 0.769. The molecule has 0 saturated carbocycles. The first-order valence-corrected chi connectivity index (χ1v) is 8.48. The molecule has 27 heavy (non-hydrogen) atoms. The average Bonchev–Trinajstić information content (AvgIpc) is 2.60. The monoisotopic (exact) mass is 393 g/mol. The summed E-state index contributed by atoms with van der Waals surface area (Å²) >= 11 is 6.07. The molecule has 2 aromatic carbocycles. The summed E-state index contributed by atoms with van der Waals surface area (Å²) in [7, 11) is 1.53. The van der Waals surface area contributed by atoms with Crippen LogP contribution in [0.3, 0.4) is 0 Å². The number of carboxylic acids is 1. The zero-order valence-corrected chi connectivity index (χ0v) is 15.9. The Kier molecular flexibility index (Phi) is 6.90. The molecule has 2 aromatic rings. The second kappa shape index (κ2) is 9.14. The van der Waals surface area contributed by atoms with Crippen LogP contribution in [0.2, 0.25) is 5.02 Å². The predicted molar refractivity (Wildman–Crippen MR) is 101 cm³/mol. The molecule has 2 rings (SSSR count). The van der Waals surface area contributed by atoms with E-state index in [9.17, 15) is 9.59 Å². The van der Waals surface area contributed by atoms with E-state index in [2.05, 4.69) is 5.32 Å². The van der Waals surface area contributed by atoms with Crippen molar-refractivity contribution < 1.29 is 28.9 Å². The number of hydrogen-bond donors (Lipinski definition) is 2. The van der Waals surface area contributed by atoms with Gasteiger partial charge in [0.25, 0.3) is 5.91 Å². The molecule has 0 fully saturated rings. The maximum atomic E-state index is 12.6. The van der Waals surface area contributed by atoms with E-state index in [-0.39, 0.29) is 22.8 Å². The third-order valence-electron chi connectivity index (χ3n) is 3.34. The van der Waals surface area contributed by atoms with Crippen LogP contribution in [0, 0.1) is 0 Å². The first kappa shape index (κ1) is 20.4. The zero-order chi connectivity index (χ0) is 20.0. The molecule has 8 heteroatoms. The fourth-order valence-corrected chi connectivity index (χ4v) is 2.44. The molecule has 1 amide bonds. The van der Waals surface area contributed by atoms with E-state index in [1.807, 2.05) is 13.8 Å². The first-order valence-electron chi connectivity index (χ1n) is 8.10. The summed E-state index contributed by atoms with van der Waals surface area (Å²) in [6.45, 7) is 3.21. The lowest BCUT2D eigenvalue weighted by Gasteiger charge is -2.15. The number of carbonyl (C=O) groups is 2. The smallest absolute Gasteiger partial charge is 0.341 e. The van der Waals surface area contributed by atoms with Crippen LogP contribution in [0.4, 0.5) is 5.69 Å². The van der Waals surface area contributed by atoms with Gasteiger partial charge in [-0.3, -0.25) is 4.79 Å². The summed E-state index contributed by atoms with van der Waals surface area (Å²) in [4.78, 5) is 23.2. The van der Waals surface area contributed by atoms with Crippen LogP contribution < -0.4 is 19.5 Å². The largest absolute Gasteiger partial charge is 0.497 e. The number of aliphatic carboxylic acids is 1. The highest BCUT2D eigenvalue weighted by atomic mass is 35.5. The van der Waals surface area contributed by atoms with Crippen LogP contribution >= 0.6 is 11.6 Å². The quantitative estimate of drug-likeness (QED) is 0.707. The minimum atomic E-state index is -1.11. The van der Waals surface area contributed by atoms with Crippen molar-refractivity contribution in [2.45, 2.75) is 20.0 Å². The Balaban J connectivity index is 2.19. The van der Waals surface area contributed by atoms with E-state index < -0.39 is 12.6 Å². The molecule has 0 bridgehead atoms. The van der Waals surface area contributed by atoms with Crippen LogP contribution in [-0.4, -0.2) is 36.8 Å². The fourth-order valence-electron chi connectivity index (χ4n) is 2.20. The molecular formula is C19H20ClNO6. The number of hydrogen-bond acceptors (Lipinski definition) is 5. The lowest BCUT2D eigenvalue weighted by Crippen LogP contribution is -2.16. The number of carboxylic acid groups (broad SMARTS) is 1. The third-order valence-corrected chi connectivity index (χ3v) is 3.63. The maximum Gasteiger partial charge on any atom is 0.341 e. The van der Waals surface area contributed by atoms with Crippen molar-refractivity contribution in [3.8, 4) is 17.2 Å². The van der Waals surface area contributed by atoms with Crippen LogP contribution in [0.1, 0.15) is 24.2 Å². The molecule has 0 saturated heterocycles. The second-order valence-corrected chi connectivity index (χ2v) is 6.22. The molecule has 0 aliphatic heterocycles. The van der Waals surface area contributed by atoms with Crippen LogP contribution in [0.25, 0.3) is 0 Å². The van der Waals surface area contributed by atoms with E-state index in [0.717, 1.165) is 0 Å². The van der Waals surface area contributed by atoms with E-state index in [1.165, 1.54) is 19.2 Å². The molecule has 2 N–H and O–H groups in total. The Bertz CT molecular complexity index is 837. The Morgan fingerprint density at radius 2 is 1.89 bits per heavy atom. The molecule has 0 radical (unpaired) electrons. The van der Waals surface area contributed by atoms with Gasteiger partial charge < -0.3 is 24.6 Å². The Hall–Kier alpha value is -2.93. The highest BCUT2D eigenvalue weighted by Crippen LogP contribution is 2.30. The average molecular weight is 394 g/mol. The van der Waals surface area contributed by atoms with Gasteiger partial charge in [-0.1, -0.05) is 11.6 Å². The second-order valence-electron chi connectivity index (χ2n) is 5.81. The lowest BCUT2D eigenvalue weighted by atomic mass is 10.1. The summed E-state index contributed by atoms with van der Waals surface area (Å²) in [6, 6.07) is 9.44. The topological polar surface area (TPSA) is 94.1 Å². The minimum absolute atomic E-state index is 0.122. The van der Waals surface area contributed by atoms with Crippen molar-refractivity contribution >= 4 is 29.2 Å². The van der Waals surface area contributed by atoms with E-state index in [0.29, 0.717) is 22.7 Å². The van der Waals surface area contributed by atoms with Gasteiger partial charge in [0.05, 0.1) is 23.8 Å². The fraction of sp³-hybridized carbons (Fsp3) is 0.263. The third kappa shape index (κ3) is 5.79. The Morgan fingerprint density at radius 1 is 1.15 bits per heavy atom. The predicted octanol–water partition coefficient (Wildman–Crippen LogP) is 3.85. The first-order chi connectivity index (χ1) is 12.8. The Morgan fingerprint density at radius 3 is 2.48 bits per heavy atom. The lowest BCUT2D eigenvalue weighted by molar-refractivity contribution is -0.139. The highest BCUT2D eigenvalue weighted by Gasteiger charge is 2.16. The van der Waals surface area contributed by atoms with Crippen LogP contribution in [0.5, 0.6) is 17.2 Å². The minimum Gasteiger partial charge on any atom is -0.497 e. The molecule has 144 valence electrons. The molecule has 0 atom stereocenters. The number of carbonyl (C=O) groups excluding carboxylic acids is 1. The zero-order valence-electron chi connectivity index (χ0n) is 15.1. The SMILES string of the molecule is COc1ccc(C(=O)Nc2ccc(OCC(=O)O)c(Cl)c2)c(OC(C)C)c1. The van der Waals surface area contributed by atoms with Crippen molar-refractivity contribution in [3.63, 3.8) is 0 Å². The van der Waals surface area contributed by atoms with Gasteiger partial charge in [-0.15, -0.1) is 0 Å². The highest BCUT2D eigenvalue weighted by molar-refractivity contribution is 6.32. The van der Waals surface area contributed by atoms with Gasteiger partial charge in [0.2, 0.25) is 0 Å². The molecule has 0 aromatic heterocycles. The van der Waals surface area contributed by atoms with Crippen molar-refractivity contribution in [1.82, 2.24) is 0 Å². The summed E-state index contributed by atoms with van der Waals surface area (Å²) < 4.78 is 15.9. The Labute approximate surface area is 161 Å². The van der Waals surface area contributed by atoms with Gasteiger partial charge in [0, 0.05) is 11.8 Å². The van der Waals surface area contributed by atoms with Crippen molar-refractivity contribution in [1.29, 1.82) is 0 Å². The molecule has 7 nitrogen and oxygen atoms in total. The number of halogens is 1. The van der Waals surface area contributed by atoms with Gasteiger partial charge in [-0.05, 0) is 44.2 Å². The summed E-state index contributed by atoms with van der Waals surface area (Å²) in [5, 5.41) is 11.6. The van der Waals surface area contributed by atoms with Crippen LogP contribution in [0.15, 0.2) is 36.4 Å². The van der Waals surface area contributed by atoms with Gasteiger partial charge in [-0.2, -0.15) is 0 Å². The molecule has 0 unspecified atom stereocenters. The number of rotatable bonds is 8. The number of amides is 1. The summed E-state index contributed by atoms with van der Waals surface area (Å²) in [5.74, 6) is -0.311. The van der Waals surface area contributed by atoms with Crippen molar-refractivity contribution in [2.75, 3.05) is 19.0 Å². The molecule has 0 spiro atoms. The van der Waals surface area contributed by atoms with Crippen molar-refractivity contribution in [2.24, 2.45) is 0 Å². The van der Waals surface area contributed by atoms with Gasteiger partial charge >= 0.3 is 5.97 Å². The maximum absolute atomic E-state index is 12.6. The molecule has 0 heterocycles. The molecule has 0 aliphatic carbocycles. The molecular weight excluding hydrogens is 374 g/mol. The number of benzene rings is 2. The van der Waals surface area contributed by atoms with Crippen LogP contribution in [-0.2, 0) is 4.79 Å². The number of methoxy groups -OCH3 is 1. The van der Waals surface area contributed by atoms with E-state index in [4.69, 9.17) is 30.9 Å². The van der Waals surface area contributed by atoms with E-state index in [1.54, 1.807) is 24.3 Å².